The van der Waals surface area contributed by atoms with E-state index in [-0.39, 0.29) is 11.7 Å². The van der Waals surface area contributed by atoms with E-state index in [1.807, 2.05) is 31.2 Å². The molecule has 1 amide bonds. The van der Waals surface area contributed by atoms with E-state index in [0.29, 0.717) is 13.0 Å². The van der Waals surface area contributed by atoms with Gasteiger partial charge in [-0.05, 0) is 30.2 Å². The van der Waals surface area contributed by atoms with Gasteiger partial charge in [-0.15, -0.1) is 0 Å². The third kappa shape index (κ3) is 4.21. The molecule has 0 fully saturated rings. The molecule has 0 aromatic heterocycles. The van der Waals surface area contributed by atoms with Gasteiger partial charge in [0.05, 0.1) is 6.42 Å². The highest BCUT2D eigenvalue weighted by Gasteiger charge is 2.03. The maximum absolute atomic E-state index is 13.0. The summed E-state index contributed by atoms with van der Waals surface area (Å²) in [6, 6.07) is 14.1. The van der Waals surface area contributed by atoms with Crippen LogP contribution in [0.3, 0.4) is 0 Å². The van der Waals surface area contributed by atoms with E-state index >= 15 is 0 Å². The molecule has 2 aromatic carbocycles. The fourth-order valence-corrected chi connectivity index (χ4v) is 1.80. The van der Waals surface area contributed by atoms with Gasteiger partial charge in [-0.3, -0.25) is 4.79 Å². The average molecular weight is 257 g/mol. The number of halogens is 1. The van der Waals surface area contributed by atoms with Crippen molar-refractivity contribution in [3.8, 4) is 0 Å². The molecule has 2 aromatic rings. The summed E-state index contributed by atoms with van der Waals surface area (Å²) in [5, 5.41) is 2.78. The molecule has 0 saturated heterocycles. The Bertz CT molecular complexity index is 563. The van der Waals surface area contributed by atoms with Gasteiger partial charge in [0.15, 0.2) is 0 Å². The number of aryl methyl sites for hydroxylation is 1. The van der Waals surface area contributed by atoms with Crippen molar-refractivity contribution in [1.29, 1.82) is 0 Å². The number of carbonyl (C=O) groups is 1. The number of hydrogen-bond acceptors (Lipinski definition) is 1. The maximum atomic E-state index is 13.0. The van der Waals surface area contributed by atoms with Crippen molar-refractivity contribution in [3.05, 3.63) is 71.0 Å². The number of rotatable bonds is 4. The lowest BCUT2D eigenvalue weighted by atomic mass is 10.1. The topological polar surface area (TPSA) is 29.1 Å². The first-order valence-electron chi connectivity index (χ1n) is 6.20. The normalized spacial score (nSPS) is 10.2. The van der Waals surface area contributed by atoms with Gasteiger partial charge in [0.2, 0.25) is 5.91 Å². The summed E-state index contributed by atoms with van der Waals surface area (Å²) in [5.41, 5.74) is 2.91. The molecule has 98 valence electrons. The fourth-order valence-electron chi connectivity index (χ4n) is 1.80. The second-order valence-corrected chi connectivity index (χ2v) is 4.57. The third-order valence-corrected chi connectivity index (χ3v) is 2.86. The van der Waals surface area contributed by atoms with Crippen LogP contribution in [0.1, 0.15) is 16.7 Å². The average Bonchev–Trinajstić information content (AvgIpc) is 2.39. The van der Waals surface area contributed by atoms with Crippen molar-refractivity contribution < 1.29 is 9.18 Å². The number of hydrogen-bond donors (Lipinski definition) is 1. The zero-order chi connectivity index (χ0) is 13.7. The van der Waals surface area contributed by atoms with Gasteiger partial charge < -0.3 is 5.32 Å². The molecule has 2 nitrogen and oxygen atoms in total. The minimum absolute atomic E-state index is 0.0619. The van der Waals surface area contributed by atoms with Gasteiger partial charge >= 0.3 is 0 Å². The standard InChI is InChI=1S/C16H16FNO/c1-12-5-7-13(8-6-12)10-16(19)18-11-14-3-2-4-15(17)9-14/h2-9H,10-11H2,1H3,(H,18,19). The lowest BCUT2D eigenvalue weighted by Crippen LogP contribution is -2.24. The highest BCUT2D eigenvalue weighted by Crippen LogP contribution is 2.05. The lowest BCUT2D eigenvalue weighted by molar-refractivity contribution is -0.120. The Morgan fingerprint density at radius 2 is 1.84 bits per heavy atom. The van der Waals surface area contributed by atoms with Crippen molar-refractivity contribution >= 4 is 5.91 Å². The van der Waals surface area contributed by atoms with Crippen LogP contribution < -0.4 is 5.32 Å². The first kappa shape index (κ1) is 13.3. The number of nitrogens with one attached hydrogen (secondary N) is 1. The Kier molecular flexibility index (Phi) is 4.29. The minimum Gasteiger partial charge on any atom is -0.352 e. The van der Waals surface area contributed by atoms with Gasteiger partial charge in [0.1, 0.15) is 5.82 Å². The van der Waals surface area contributed by atoms with Crippen molar-refractivity contribution in [2.24, 2.45) is 0 Å². The monoisotopic (exact) mass is 257 g/mol. The van der Waals surface area contributed by atoms with Crippen LogP contribution in [0.2, 0.25) is 0 Å². The predicted octanol–water partition coefficient (Wildman–Crippen LogP) is 2.99. The Labute approximate surface area is 112 Å². The Morgan fingerprint density at radius 3 is 2.53 bits per heavy atom. The molecule has 0 aliphatic carbocycles. The first-order chi connectivity index (χ1) is 9.13. The highest BCUT2D eigenvalue weighted by molar-refractivity contribution is 5.78. The van der Waals surface area contributed by atoms with Crippen molar-refractivity contribution in [2.75, 3.05) is 0 Å². The summed E-state index contributed by atoms with van der Waals surface area (Å²) in [5.74, 6) is -0.349. The lowest BCUT2D eigenvalue weighted by Gasteiger charge is -2.06. The van der Waals surface area contributed by atoms with E-state index in [1.54, 1.807) is 12.1 Å². The minimum atomic E-state index is -0.287. The molecule has 0 heterocycles. The van der Waals surface area contributed by atoms with E-state index in [2.05, 4.69) is 5.32 Å². The zero-order valence-electron chi connectivity index (χ0n) is 10.8. The SMILES string of the molecule is Cc1ccc(CC(=O)NCc2cccc(F)c2)cc1. The van der Waals surface area contributed by atoms with Crippen LogP contribution in [0.15, 0.2) is 48.5 Å². The van der Waals surface area contributed by atoms with Gasteiger partial charge in [-0.2, -0.15) is 0 Å². The number of amides is 1. The molecule has 0 radical (unpaired) electrons. The number of carbonyl (C=O) groups excluding carboxylic acids is 1. The van der Waals surface area contributed by atoms with E-state index < -0.39 is 0 Å². The summed E-state index contributed by atoms with van der Waals surface area (Å²) in [6.45, 7) is 2.36. The quantitative estimate of drug-likeness (QED) is 0.896. The smallest absolute Gasteiger partial charge is 0.224 e. The van der Waals surface area contributed by atoms with E-state index in [9.17, 15) is 9.18 Å². The van der Waals surface area contributed by atoms with Crippen LogP contribution >= 0.6 is 0 Å². The molecule has 3 heteroatoms. The van der Waals surface area contributed by atoms with Crippen LogP contribution in [-0.2, 0) is 17.8 Å². The summed E-state index contributed by atoms with van der Waals surface area (Å²) < 4.78 is 13.0. The van der Waals surface area contributed by atoms with Crippen molar-refractivity contribution in [2.45, 2.75) is 19.9 Å². The summed E-state index contributed by atoms with van der Waals surface area (Å²) in [4.78, 5) is 11.8. The van der Waals surface area contributed by atoms with E-state index in [0.717, 1.165) is 11.1 Å². The summed E-state index contributed by atoms with van der Waals surface area (Å²) >= 11 is 0. The van der Waals surface area contributed by atoms with Crippen LogP contribution in [0.25, 0.3) is 0 Å². The molecular formula is C16H16FNO. The second kappa shape index (κ2) is 6.14. The molecule has 0 unspecified atom stereocenters. The maximum Gasteiger partial charge on any atom is 0.224 e. The van der Waals surface area contributed by atoms with Gasteiger partial charge in [-0.25, -0.2) is 4.39 Å². The molecule has 0 atom stereocenters. The van der Waals surface area contributed by atoms with Gasteiger partial charge in [0.25, 0.3) is 0 Å². The predicted molar refractivity (Wildman–Crippen MR) is 73.1 cm³/mol. The van der Waals surface area contributed by atoms with Crippen molar-refractivity contribution in [1.82, 2.24) is 5.32 Å². The van der Waals surface area contributed by atoms with Crippen LogP contribution in [-0.4, -0.2) is 5.91 Å². The fraction of sp³-hybridized carbons (Fsp3) is 0.188. The molecule has 19 heavy (non-hydrogen) atoms. The largest absolute Gasteiger partial charge is 0.352 e. The van der Waals surface area contributed by atoms with Crippen LogP contribution in [0.5, 0.6) is 0 Å². The molecule has 0 saturated carbocycles. The molecular weight excluding hydrogens is 241 g/mol. The zero-order valence-corrected chi connectivity index (χ0v) is 10.8. The molecule has 0 aliphatic heterocycles. The molecule has 0 bridgehead atoms. The van der Waals surface area contributed by atoms with Crippen LogP contribution in [0.4, 0.5) is 4.39 Å². The second-order valence-electron chi connectivity index (χ2n) is 4.57. The first-order valence-corrected chi connectivity index (χ1v) is 6.20. The van der Waals surface area contributed by atoms with Gasteiger partial charge in [-0.1, -0.05) is 42.0 Å². The molecule has 0 aliphatic rings. The molecule has 2 rings (SSSR count). The molecule has 0 spiro atoms. The van der Waals surface area contributed by atoms with Crippen molar-refractivity contribution in [3.63, 3.8) is 0 Å². The third-order valence-electron chi connectivity index (χ3n) is 2.86. The summed E-state index contributed by atoms with van der Waals surface area (Å²) in [7, 11) is 0. The summed E-state index contributed by atoms with van der Waals surface area (Å²) in [6.07, 6.45) is 0.343. The molecule has 1 N–H and O–H groups in total. The Hall–Kier alpha value is -2.16. The van der Waals surface area contributed by atoms with Gasteiger partial charge in [0, 0.05) is 6.54 Å². The van der Waals surface area contributed by atoms with E-state index in [4.69, 9.17) is 0 Å². The highest BCUT2D eigenvalue weighted by atomic mass is 19.1. The Balaban J connectivity index is 1.86. The van der Waals surface area contributed by atoms with E-state index in [1.165, 1.54) is 17.7 Å². The number of benzene rings is 2. The van der Waals surface area contributed by atoms with Crippen LogP contribution in [0, 0.1) is 12.7 Å². The Morgan fingerprint density at radius 1 is 1.11 bits per heavy atom.